The molecule has 6 nitrogen and oxygen atoms in total. The van der Waals surface area contributed by atoms with Crippen LogP contribution < -0.4 is 14.4 Å². The van der Waals surface area contributed by atoms with E-state index in [1.165, 1.54) is 25.3 Å². The maximum atomic E-state index is 13.3. The van der Waals surface area contributed by atoms with Crippen molar-refractivity contribution in [3.05, 3.63) is 53.6 Å². The highest BCUT2D eigenvalue weighted by atomic mass is 35.5. The van der Waals surface area contributed by atoms with Crippen molar-refractivity contribution in [1.29, 1.82) is 0 Å². The molecule has 28 heavy (non-hydrogen) atoms. The molecule has 0 aliphatic carbocycles. The van der Waals surface area contributed by atoms with Gasteiger partial charge in [0.25, 0.3) is 10.0 Å². The average Bonchev–Trinajstić information content (AvgIpc) is 2.66. The zero-order valence-corrected chi connectivity index (χ0v) is 17.9. The molecule has 0 spiro atoms. The zero-order valence-electron chi connectivity index (χ0n) is 16.3. The molecule has 1 atom stereocenters. The van der Waals surface area contributed by atoms with E-state index in [0.29, 0.717) is 10.8 Å². The standard InChI is InChI=1S/C20H25ClN2O4S/c1-14(2)15(3)22-20(24)13-23(18-12-16(21)10-11-19(18)27-4)28(25,26)17-8-6-5-7-9-17/h5-12,14-15H,13H2,1-4H3,(H,22,24)/t15-/m1/s1. The zero-order chi connectivity index (χ0) is 20.9. The monoisotopic (exact) mass is 424 g/mol. The second-order valence-corrected chi connectivity index (χ2v) is 9.04. The predicted octanol–water partition coefficient (Wildman–Crippen LogP) is 3.70. The summed E-state index contributed by atoms with van der Waals surface area (Å²) in [7, 11) is -2.59. The first-order valence-corrected chi connectivity index (χ1v) is 10.7. The Labute approximate surface area is 171 Å². The van der Waals surface area contributed by atoms with Gasteiger partial charge in [-0.15, -0.1) is 0 Å². The fourth-order valence-electron chi connectivity index (χ4n) is 2.47. The van der Waals surface area contributed by atoms with Crippen LogP contribution in [-0.4, -0.2) is 34.0 Å². The Balaban J connectivity index is 2.51. The van der Waals surface area contributed by atoms with Gasteiger partial charge in [0.1, 0.15) is 12.3 Å². The van der Waals surface area contributed by atoms with Crippen LogP contribution in [0.5, 0.6) is 5.75 Å². The minimum Gasteiger partial charge on any atom is -0.495 e. The number of rotatable bonds is 8. The van der Waals surface area contributed by atoms with Gasteiger partial charge in [0.2, 0.25) is 5.91 Å². The lowest BCUT2D eigenvalue weighted by Gasteiger charge is -2.27. The first-order chi connectivity index (χ1) is 13.2. The summed E-state index contributed by atoms with van der Waals surface area (Å²) < 4.78 is 33.0. The smallest absolute Gasteiger partial charge is 0.264 e. The summed E-state index contributed by atoms with van der Waals surface area (Å²) in [4.78, 5) is 12.7. The van der Waals surface area contributed by atoms with Crippen molar-refractivity contribution in [1.82, 2.24) is 5.32 Å². The number of halogens is 1. The number of methoxy groups -OCH3 is 1. The lowest BCUT2D eigenvalue weighted by Crippen LogP contribution is -2.45. The number of benzene rings is 2. The van der Waals surface area contributed by atoms with Gasteiger partial charge in [-0.05, 0) is 43.2 Å². The Bertz CT molecular complexity index is 917. The second kappa shape index (κ2) is 9.30. The number of amides is 1. The minimum absolute atomic E-state index is 0.0711. The van der Waals surface area contributed by atoms with Gasteiger partial charge in [-0.3, -0.25) is 9.10 Å². The third-order valence-electron chi connectivity index (χ3n) is 4.42. The number of anilines is 1. The first kappa shape index (κ1) is 22.0. The molecule has 0 unspecified atom stereocenters. The number of sulfonamides is 1. The topological polar surface area (TPSA) is 75.7 Å². The minimum atomic E-state index is -4.02. The molecule has 0 bridgehead atoms. The fourth-order valence-corrected chi connectivity index (χ4v) is 4.08. The van der Waals surface area contributed by atoms with Gasteiger partial charge >= 0.3 is 0 Å². The normalized spacial score (nSPS) is 12.5. The Hall–Kier alpha value is -2.25. The number of nitrogens with zero attached hydrogens (tertiary/aromatic N) is 1. The van der Waals surface area contributed by atoms with Crippen LogP contribution in [-0.2, 0) is 14.8 Å². The van der Waals surface area contributed by atoms with E-state index >= 15 is 0 Å². The van der Waals surface area contributed by atoms with Crippen molar-refractivity contribution < 1.29 is 17.9 Å². The quantitative estimate of drug-likeness (QED) is 0.700. The lowest BCUT2D eigenvalue weighted by atomic mass is 10.1. The van der Waals surface area contributed by atoms with E-state index in [-0.39, 0.29) is 22.5 Å². The molecule has 0 fully saturated rings. The highest BCUT2D eigenvalue weighted by molar-refractivity contribution is 7.92. The third kappa shape index (κ3) is 5.17. The molecule has 0 radical (unpaired) electrons. The van der Waals surface area contributed by atoms with Crippen LogP contribution in [0.3, 0.4) is 0 Å². The van der Waals surface area contributed by atoms with Crippen molar-refractivity contribution in [3.63, 3.8) is 0 Å². The average molecular weight is 425 g/mol. The van der Waals surface area contributed by atoms with Crippen LogP contribution >= 0.6 is 11.6 Å². The van der Waals surface area contributed by atoms with Gasteiger partial charge in [0.15, 0.2) is 0 Å². The molecule has 2 rings (SSSR count). The molecule has 0 heterocycles. The molecule has 8 heteroatoms. The number of nitrogens with one attached hydrogen (secondary N) is 1. The lowest BCUT2D eigenvalue weighted by molar-refractivity contribution is -0.120. The Morgan fingerprint density at radius 2 is 1.79 bits per heavy atom. The van der Waals surface area contributed by atoms with Crippen molar-refractivity contribution in [2.24, 2.45) is 5.92 Å². The Morgan fingerprint density at radius 3 is 2.36 bits per heavy atom. The van der Waals surface area contributed by atoms with Gasteiger partial charge in [0.05, 0.1) is 17.7 Å². The van der Waals surface area contributed by atoms with E-state index in [0.717, 1.165) is 4.31 Å². The molecule has 0 aliphatic heterocycles. The van der Waals surface area contributed by atoms with Crippen molar-refractivity contribution in [2.75, 3.05) is 18.0 Å². The fraction of sp³-hybridized carbons (Fsp3) is 0.350. The van der Waals surface area contributed by atoms with Crippen LogP contribution in [0.1, 0.15) is 20.8 Å². The molecule has 0 aromatic heterocycles. The molecular weight excluding hydrogens is 400 g/mol. The SMILES string of the molecule is COc1ccc(Cl)cc1N(CC(=O)N[C@H](C)C(C)C)S(=O)(=O)c1ccccc1. The van der Waals surface area contributed by atoms with Crippen LogP contribution in [0.2, 0.25) is 5.02 Å². The third-order valence-corrected chi connectivity index (χ3v) is 6.43. The van der Waals surface area contributed by atoms with Crippen LogP contribution in [0.4, 0.5) is 5.69 Å². The van der Waals surface area contributed by atoms with Gasteiger partial charge < -0.3 is 10.1 Å². The van der Waals surface area contributed by atoms with Crippen molar-refractivity contribution >= 4 is 33.2 Å². The van der Waals surface area contributed by atoms with Crippen LogP contribution in [0.15, 0.2) is 53.4 Å². The molecule has 1 N–H and O–H groups in total. The largest absolute Gasteiger partial charge is 0.495 e. The molecule has 0 saturated carbocycles. The second-order valence-electron chi connectivity index (χ2n) is 6.74. The molecular formula is C20H25ClN2O4S. The van der Waals surface area contributed by atoms with E-state index < -0.39 is 22.5 Å². The van der Waals surface area contributed by atoms with Gasteiger partial charge in [-0.2, -0.15) is 0 Å². The highest BCUT2D eigenvalue weighted by Gasteiger charge is 2.30. The van der Waals surface area contributed by atoms with Crippen molar-refractivity contribution in [2.45, 2.75) is 31.7 Å². The van der Waals surface area contributed by atoms with E-state index in [1.807, 2.05) is 20.8 Å². The molecule has 152 valence electrons. The number of hydrogen-bond donors (Lipinski definition) is 1. The maximum absolute atomic E-state index is 13.3. The molecule has 1 amide bonds. The Kier molecular flexibility index (Phi) is 7.32. The molecule has 0 aliphatic rings. The first-order valence-electron chi connectivity index (χ1n) is 8.87. The summed E-state index contributed by atoms with van der Waals surface area (Å²) in [6.07, 6.45) is 0. The summed E-state index contributed by atoms with van der Waals surface area (Å²) >= 11 is 6.10. The van der Waals surface area contributed by atoms with E-state index in [4.69, 9.17) is 16.3 Å². The van der Waals surface area contributed by atoms with E-state index in [9.17, 15) is 13.2 Å². The summed E-state index contributed by atoms with van der Waals surface area (Å²) in [5.74, 6) is 0.0974. The van der Waals surface area contributed by atoms with Gasteiger partial charge in [-0.25, -0.2) is 8.42 Å². The number of carbonyl (C=O) groups excluding carboxylic acids is 1. The number of hydrogen-bond acceptors (Lipinski definition) is 4. The van der Waals surface area contributed by atoms with E-state index in [1.54, 1.807) is 30.3 Å². The summed E-state index contributed by atoms with van der Waals surface area (Å²) in [6.45, 7) is 5.43. The highest BCUT2D eigenvalue weighted by Crippen LogP contribution is 2.34. The van der Waals surface area contributed by atoms with Gasteiger partial charge in [0, 0.05) is 11.1 Å². The predicted molar refractivity (Wildman–Crippen MR) is 111 cm³/mol. The van der Waals surface area contributed by atoms with Gasteiger partial charge in [-0.1, -0.05) is 43.6 Å². The number of carbonyl (C=O) groups is 1. The van der Waals surface area contributed by atoms with Crippen molar-refractivity contribution in [3.8, 4) is 5.75 Å². The van der Waals surface area contributed by atoms with Crippen LogP contribution in [0.25, 0.3) is 0 Å². The Morgan fingerprint density at radius 1 is 1.14 bits per heavy atom. The maximum Gasteiger partial charge on any atom is 0.264 e. The summed E-state index contributed by atoms with van der Waals surface area (Å²) in [5, 5.41) is 3.17. The summed E-state index contributed by atoms with van der Waals surface area (Å²) in [6, 6.07) is 12.5. The van der Waals surface area contributed by atoms with E-state index in [2.05, 4.69) is 5.32 Å². The summed E-state index contributed by atoms with van der Waals surface area (Å²) in [5.41, 5.74) is 0.200. The molecule has 0 saturated heterocycles. The number of ether oxygens (including phenoxy) is 1. The molecule has 2 aromatic carbocycles. The molecule has 2 aromatic rings. The van der Waals surface area contributed by atoms with Crippen LogP contribution in [0, 0.1) is 5.92 Å².